The maximum absolute atomic E-state index is 12.5. The number of benzene rings is 2. The van der Waals surface area contributed by atoms with Crippen LogP contribution < -0.4 is 15.4 Å². The van der Waals surface area contributed by atoms with Gasteiger partial charge < -0.3 is 15.4 Å². The number of amides is 1. The molecule has 2 N–H and O–H groups in total. The average Bonchev–Trinajstić information content (AvgIpc) is 2.73. The first-order valence-corrected chi connectivity index (χ1v) is 9.16. The number of hydrogen-bond donors (Lipinski definition) is 2. The van der Waals surface area contributed by atoms with Gasteiger partial charge in [-0.05, 0) is 47.4 Å². The smallest absolute Gasteiger partial charge is 0.274 e. The van der Waals surface area contributed by atoms with Gasteiger partial charge in [0.15, 0.2) is 0 Å². The number of rotatable bonds is 7. The second-order valence-electron chi connectivity index (χ2n) is 6.70. The van der Waals surface area contributed by atoms with E-state index in [4.69, 9.17) is 4.74 Å². The third-order valence-corrected chi connectivity index (χ3v) is 4.33. The number of anilines is 2. The van der Waals surface area contributed by atoms with Crippen molar-refractivity contribution in [2.24, 2.45) is 0 Å². The van der Waals surface area contributed by atoms with Crippen molar-refractivity contribution >= 4 is 17.5 Å². The van der Waals surface area contributed by atoms with Crippen molar-refractivity contribution < 1.29 is 9.53 Å². The fraction of sp³-hybridized carbons (Fsp3) is 0.227. The molecule has 3 rings (SSSR count). The van der Waals surface area contributed by atoms with Gasteiger partial charge in [-0.25, -0.2) is 9.97 Å². The molecule has 1 aromatic heterocycles. The van der Waals surface area contributed by atoms with Gasteiger partial charge in [-0.3, -0.25) is 4.79 Å². The van der Waals surface area contributed by atoms with E-state index < -0.39 is 0 Å². The zero-order valence-electron chi connectivity index (χ0n) is 16.3. The van der Waals surface area contributed by atoms with E-state index in [-0.39, 0.29) is 5.91 Å². The van der Waals surface area contributed by atoms with Gasteiger partial charge in [-0.2, -0.15) is 0 Å². The van der Waals surface area contributed by atoms with Gasteiger partial charge in [-0.15, -0.1) is 0 Å². The summed E-state index contributed by atoms with van der Waals surface area (Å²) in [6, 6.07) is 17.1. The van der Waals surface area contributed by atoms with Crippen LogP contribution in [0, 0.1) is 0 Å². The highest BCUT2D eigenvalue weighted by Gasteiger charge is 2.10. The van der Waals surface area contributed by atoms with Gasteiger partial charge >= 0.3 is 0 Å². The van der Waals surface area contributed by atoms with Crippen LogP contribution in [0.1, 0.15) is 41.4 Å². The lowest BCUT2D eigenvalue weighted by Crippen LogP contribution is -2.15. The quantitative estimate of drug-likeness (QED) is 0.636. The van der Waals surface area contributed by atoms with Crippen molar-refractivity contribution in [2.45, 2.75) is 26.3 Å². The molecule has 3 aromatic rings. The Kier molecular flexibility index (Phi) is 6.22. The summed E-state index contributed by atoms with van der Waals surface area (Å²) in [6.07, 6.45) is 1.57. The monoisotopic (exact) mass is 376 g/mol. The van der Waals surface area contributed by atoms with Crippen molar-refractivity contribution in [1.82, 2.24) is 9.97 Å². The first-order valence-electron chi connectivity index (χ1n) is 9.16. The molecule has 28 heavy (non-hydrogen) atoms. The molecule has 6 nitrogen and oxygen atoms in total. The van der Waals surface area contributed by atoms with E-state index in [1.165, 1.54) is 5.56 Å². The van der Waals surface area contributed by atoms with Gasteiger partial charge in [-0.1, -0.05) is 38.1 Å². The predicted octanol–water partition coefficient (Wildman–Crippen LogP) is 4.47. The summed E-state index contributed by atoms with van der Waals surface area (Å²) in [6.45, 7) is 4.82. The van der Waals surface area contributed by atoms with Crippen LogP contribution in [0.5, 0.6) is 5.75 Å². The standard InChI is InChI=1S/C22H24N4O2/c1-15(2)17-6-8-18(9-7-17)25-21(27)20-12-13-23-22(26-20)24-14-16-4-10-19(28-3)11-5-16/h4-13,15H,14H2,1-3H3,(H,25,27)(H,23,24,26). The fourth-order valence-corrected chi connectivity index (χ4v) is 2.64. The number of aromatic nitrogens is 2. The van der Waals surface area contributed by atoms with Gasteiger partial charge in [0.05, 0.1) is 7.11 Å². The van der Waals surface area contributed by atoms with E-state index in [1.54, 1.807) is 19.4 Å². The molecule has 1 heterocycles. The van der Waals surface area contributed by atoms with Crippen molar-refractivity contribution in [2.75, 3.05) is 17.7 Å². The molecule has 144 valence electrons. The highest BCUT2D eigenvalue weighted by molar-refractivity contribution is 6.02. The second-order valence-corrected chi connectivity index (χ2v) is 6.70. The highest BCUT2D eigenvalue weighted by atomic mass is 16.5. The van der Waals surface area contributed by atoms with Crippen molar-refractivity contribution in [3.8, 4) is 5.75 Å². The summed E-state index contributed by atoms with van der Waals surface area (Å²) in [7, 11) is 1.64. The van der Waals surface area contributed by atoms with Crippen LogP contribution in [0.3, 0.4) is 0 Å². The van der Waals surface area contributed by atoms with Crippen LogP contribution in [0.25, 0.3) is 0 Å². The molecule has 0 atom stereocenters. The lowest BCUT2D eigenvalue weighted by Gasteiger charge is -2.09. The number of nitrogens with zero attached hydrogens (tertiary/aromatic N) is 2. The summed E-state index contributed by atoms with van der Waals surface area (Å²) >= 11 is 0. The Labute approximate surface area is 165 Å². The number of ether oxygens (including phenoxy) is 1. The SMILES string of the molecule is COc1ccc(CNc2nccc(C(=O)Nc3ccc(C(C)C)cc3)n2)cc1. The van der Waals surface area contributed by atoms with E-state index in [2.05, 4.69) is 34.4 Å². The molecule has 0 aliphatic rings. The molecule has 0 fully saturated rings. The van der Waals surface area contributed by atoms with Crippen LogP contribution >= 0.6 is 0 Å². The van der Waals surface area contributed by atoms with Gasteiger partial charge in [0.25, 0.3) is 5.91 Å². The number of carbonyl (C=O) groups excluding carboxylic acids is 1. The zero-order chi connectivity index (χ0) is 19.9. The summed E-state index contributed by atoms with van der Waals surface area (Å²) in [5.41, 5.74) is 3.33. The van der Waals surface area contributed by atoms with Gasteiger partial charge in [0, 0.05) is 18.4 Å². The Hall–Kier alpha value is -3.41. The maximum atomic E-state index is 12.5. The minimum atomic E-state index is -0.271. The molecule has 0 radical (unpaired) electrons. The molecular formula is C22H24N4O2. The number of nitrogens with one attached hydrogen (secondary N) is 2. The van der Waals surface area contributed by atoms with Crippen molar-refractivity contribution in [3.05, 3.63) is 77.6 Å². The Morgan fingerprint density at radius 2 is 1.75 bits per heavy atom. The highest BCUT2D eigenvalue weighted by Crippen LogP contribution is 2.18. The summed E-state index contributed by atoms with van der Waals surface area (Å²) in [4.78, 5) is 21.0. The summed E-state index contributed by atoms with van der Waals surface area (Å²) in [5, 5.41) is 6.00. The average molecular weight is 376 g/mol. The Balaban J connectivity index is 1.62. The lowest BCUT2D eigenvalue weighted by molar-refractivity contribution is 0.102. The van der Waals surface area contributed by atoms with Crippen molar-refractivity contribution in [3.63, 3.8) is 0 Å². The van der Waals surface area contributed by atoms with Crippen LogP contribution in [-0.2, 0) is 6.54 Å². The Morgan fingerprint density at radius 1 is 1.04 bits per heavy atom. The third kappa shape index (κ3) is 5.07. The first-order chi connectivity index (χ1) is 13.5. The predicted molar refractivity (Wildman–Crippen MR) is 111 cm³/mol. The summed E-state index contributed by atoms with van der Waals surface area (Å²) in [5.74, 6) is 1.39. The molecule has 1 amide bonds. The van der Waals surface area contributed by atoms with Gasteiger partial charge in [0.2, 0.25) is 5.95 Å². The number of carbonyl (C=O) groups is 1. The molecule has 0 saturated carbocycles. The van der Waals surface area contributed by atoms with Crippen molar-refractivity contribution in [1.29, 1.82) is 0 Å². The van der Waals surface area contributed by atoms with Crippen LogP contribution in [0.2, 0.25) is 0 Å². The minimum absolute atomic E-state index is 0.271. The van der Waals surface area contributed by atoms with Crippen LogP contribution in [-0.4, -0.2) is 23.0 Å². The van der Waals surface area contributed by atoms with E-state index in [0.717, 1.165) is 17.0 Å². The molecule has 0 aliphatic carbocycles. The largest absolute Gasteiger partial charge is 0.497 e. The fourth-order valence-electron chi connectivity index (χ4n) is 2.64. The normalized spacial score (nSPS) is 10.6. The lowest BCUT2D eigenvalue weighted by atomic mass is 10.0. The van der Waals surface area contributed by atoms with Crippen LogP contribution in [0.15, 0.2) is 60.8 Å². The minimum Gasteiger partial charge on any atom is -0.497 e. The molecule has 0 spiro atoms. The van der Waals surface area contributed by atoms with Gasteiger partial charge in [0.1, 0.15) is 11.4 Å². The van der Waals surface area contributed by atoms with E-state index in [9.17, 15) is 4.79 Å². The molecular weight excluding hydrogens is 352 g/mol. The first kappa shape index (κ1) is 19.4. The topological polar surface area (TPSA) is 76.1 Å². The molecule has 2 aromatic carbocycles. The molecule has 6 heteroatoms. The second kappa shape index (κ2) is 8.99. The van der Waals surface area contributed by atoms with E-state index in [0.29, 0.717) is 24.1 Å². The van der Waals surface area contributed by atoms with Crippen LogP contribution in [0.4, 0.5) is 11.6 Å². The number of methoxy groups -OCH3 is 1. The van der Waals surface area contributed by atoms with E-state index >= 15 is 0 Å². The molecule has 0 bridgehead atoms. The third-order valence-electron chi connectivity index (χ3n) is 4.33. The maximum Gasteiger partial charge on any atom is 0.274 e. The van der Waals surface area contributed by atoms with E-state index in [1.807, 2.05) is 48.5 Å². The zero-order valence-corrected chi connectivity index (χ0v) is 16.3. The Morgan fingerprint density at radius 3 is 2.39 bits per heavy atom. The molecule has 0 aliphatic heterocycles. The summed E-state index contributed by atoms with van der Waals surface area (Å²) < 4.78 is 5.15. The molecule has 0 saturated heterocycles. The number of hydrogen-bond acceptors (Lipinski definition) is 5. The molecule has 0 unspecified atom stereocenters. The Bertz CT molecular complexity index is 922.